The minimum atomic E-state index is -0.314. The molecule has 1 aromatic carbocycles. The van der Waals surface area contributed by atoms with E-state index >= 15 is 0 Å². The zero-order valence-electron chi connectivity index (χ0n) is 14.1. The van der Waals surface area contributed by atoms with Crippen molar-refractivity contribution in [1.82, 2.24) is 15.5 Å². The number of carbonyl (C=O) groups is 2. The molecule has 26 heavy (non-hydrogen) atoms. The molecular weight excluding hydrogens is 334 g/mol. The molecule has 2 aliphatic heterocycles. The normalized spacial score (nSPS) is 18.8. The Hall–Kier alpha value is -3.16. The van der Waals surface area contributed by atoms with Gasteiger partial charge in [-0.1, -0.05) is 0 Å². The summed E-state index contributed by atoms with van der Waals surface area (Å²) in [6.07, 6.45) is 2.42. The first-order chi connectivity index (χ1) is 12.7. The maximum Gasteiger partial charge on any atom is 0.276 e. The predicted octanol–water partition coefficient (Wildman–Crippen LogP) is 1.55. The Morgan fingerprint density at radius 2 is 1.85 bits per heavy atom. The van der Waals surface area contributed by atoms with Crippen LogP contribution in [0.25, 0.3) is 0 Å². The number of hydrogen-bond acceptors (Lipinski definition) is 6. The summed E-state index contributed by atoms with van der Waals surface area (Å²) < 4.78 is 5.56. The number of aromatic nitrogens is 2. The lowest BCUT2D eigenvalue weighted by Gasteiger charge is -2.27. The van der Waals surface area contributed by atoms with Gasteiger partial charge in [0.05, 0.1) is 6.42 Å². The first kappa shape index (κ1) is 16.3. The molecule has 2 N–H and O–H groups in total. The van der Waals surface area contributed by atoms with Crippen LogP contribution in [0.4, 0.5) is 11.5 Å². The third-order valence-electron chi connectivity index (χ3n) is 4.40. The Labute approximate surface area is 150 Å². The molecule has 2 aliphatic rings. The summed E-state index contributed by atoms with van der Waals surface area (Å²) in [6, 6.07) is 10.5. The standard InChI is InChI=1S/C18H19N5O3/c24-16-11-17(20-16)26-13-5-3-12(4-6-13)19-18(25)14-7-8-15(22-21-14)23-9-1-2-10-23/h3-8,17H,1-2,9-11H2,(H,19,25)(H,20,24). The maximum absolute atomic E-state index is 12.3. The van der Waals surface area contributed by atoms with Crippen LogP contribution >= 0.6 is 0 Å². The van der Waals surface area contributed by atoms with Crippen LogP contribution in [0.3, 0.4) is 0 Å². The van der Waals surface area contributed by atoms with Gasteiger partial charge in [0.2, 0.25) is 5.91 Å². The van der Waals surface area contributed by atoms with Gasteiger partial charge in [0, 0.05) is 18.8 Å². The minimum absolute atomic E-state index is 0.0178. The Kier molecular flexibility index (Phi) is 4.39. The van der Waals surface area contributed by atoms with E-state index in [1.807, 2.05) is 6.07 Å². The molecule has 1 atom stereocenters. The summed E-state index contributed by atoms with van der Waals surface area (Å²) in [4.78, 5) is 25.3. The average Bonchev–Trinajstić information content (AvgIpc) is 3.17. The third kappa shape index (κ3) is 3.58. The van der Waals surface area contributed by atoms with Crippen LogP contribution in [0.15, 0.2) is 36.4 Å². The predicted molar refractivity (Wildman–Crippen MR) is 95.0 cm³/mol. The average molecular weight is 353 g/mol. The molecule has 0 bridgehead atoms. The summed E-state index contributed by atoms with van der Waals surface area (Å²) in [5.74, 6) is 1.10. The number of amides is 2. The van der Waals surface area contributed by atoms with E-state index in [1.165, 1.54) is 0 Å². The van der Waals surface area contributed by atoms with E-state index in [1.54, 1.807) is 30.3 Å². The van der Waals surface area contributed by atoms with Crippen LogP contribution in [-0.2, 0) is 4.79 Å². The molecule has 8 nitrogen and oxygen atoms in total. The van der Waals surface area contributed by atoms with Crippen molar-refractivity contribution in [1.29, 1.82) is 0 Å². The van der Waals surface area contributed by atoms with Gasteiger partial charge in [0.15, 0.2) is 17.7 Å². The fourth-order valence-electron chi connectivity index (χ4n) is 2.94. The second-order valence-corrected chi connectivity index (χ2v) is 6.33. The molecule has 2 amide bonds. The molecule has 134 valence electrons. The van der Waals surface area contributed by atoms with Crippen molar-refractivity contribution in [3.63, 3.8) is 0 Å². The molecule has 0 aliphatic carbocycles. The first-order valence-electron chi connectivity index (χ1n) is 8.63. The topological polar surface area (TPSA) is 96.5 Å². The summed E-state index contributed by atoms with van der Waals surface area (Å²) >= 11 is 0. The van der Waals surface area contributed by atoms with Gasteiger partial charge in [-0.2, -0.15) is 0 Å². The number of β-lactam (4-membered cyclic amide) rings is 1. The molecule has 0 spiro atoms. The van der Waals surface area contributed by atoms with Gasteiger partial charge in [-0.15, -0.1) is 10.2 Å². The molecular formula is C18H19N5O3. The Morgan fingerprint density at radius 3 is 2.46 bits per heavy atom. The summed E-state index contributed by atoms with van der Waals surface area (Å²) in [5.41, 5.74) is 0.899. The molecule has 3 heterocycles. The fourth-order valence-corrected chi connectivity index (χ4v) is 2.94. The lowest BCUT2D eigenvalue weighted by atomic mass is 10.2. The number of benzene rings is 1. The van der Waals surface area contributed by atoms with E-state index in [0.717, 1.165) is 31.7 Å². The van der Waals surface area contributed by atoms with Gasteiger partial charge in [0.25, 0.3) is 5.91 Å². The van der Waals surface area contributed by atoms with E-state index in [4.69, 9.17) is 4.74 Å². The number of rotatable bonds is 5. The zero-order chi connectivity index (χ0) is 17.9. The molecule has 1 unspecified atom stereocenters. The molecule has 8 heteroatoms. The second-order valence-electron chi connectivity index (χ2n) is 6.33. The number of carbonyl (C=O) groups excluding carboxylic acids is 2. The Bertz CT molecular complexity index is 793. The van der Waals surface area contributed by atoms with Crippen LogP contribution in [0.2, 0.25) is 0 Å². The van der Waals surface area contributed by atoms with Crippen molar-refractivity contribution in [3.8, 4) is 5.75 Å². The van der Waals surface area contributed by atoms with Crippen molar-refractivity contribution >= 4 is 23.3 Å². The van der Waals surface area contributed by atoms with Gasteiger partial charge in [-0.25, -0.2) is 0 Å². The van der Waals surface area contributed by atoms with Gasteiger partial charge in [0.1, 0.15) is 5.75 Å². The third-order valence-corrected chi connectivity index (χ3v) is 4.40. The van der Waals surface area contributed by atoms with Crippen LogP contribution in [0.5, 0.6) is 5.75 Å². The lowest BCUT2D eigenvalue weighted by Crippen LogP contribution is -2.51. The van der Waals surface area contributed by atoms with Crippen molar-refractivity contribution in [2.45, 2.75) is 25.5 Å². The monoisotopic (exact) mass is 353 g/mol. The first-order valence-corrected chi connectivity index (χ1v) is 8.63. The number of nitrogens with zero attached hydrogens (tertiary/aromatic N) is 3. The van der Waals surface area contributed by atoms with Crippen LogP contribution < -0.4 is 20.3 Å². The smallest absolute Gasteiger partial charge is 0.276 e. The SMILES string of the molecule is O=C1CC(Oc2ccc(NC(=O)c3ccc(N4CCCC4)nn3)cc2)N1. The molecule has 2 fully saturated rings. The molecule has 0 saturated carbocycles. The fraction of sp³-hybridized carbons (Fsp3) is 0.333. The highest BCUT2D eigenvalue weighted by Crippen LogP contribution is 2.20. The molecule has 2 saturated heterocycles. The van der Waals surface area contributed by atoms with Gasteiger partial charge in [-0.05, 0) is 49.2 Å². The molecule has 0 radical (unpaired) electrons. The van der Waals surface area contributed by atoms with Crippen LogP contribution in [0, 0.1) is 0 Å². The largest absolute Gasteiger partial charge is 0.470 e. The van der Waals surface area contributed by atoms with Crippen molar-refractivity contribution in [2.75, 3.05) is 23.3 Å². The van der Waals surface area contributed by atoms with E-state index in [0.29, 0.717) is 17.9 Å². The highest BCUT2D eigenvalue weighted by atomic mass is 16.5. The van der Waals surface area contributed by atoms with Crippen molar-refractivity contribution < 1.29 is 14.3 Å². The number of nitrogens with one attached hydrogen (secondary N) is 2. The lowest BCUT2D eigenvalue weighted by molar-refractivity contribution is -0.134. The number of anilines is 2. The summed E-state index contributed by atoms with van der Waals surface area (Å²) in [5, 5.41) is 13.6. The van der Waals surface area contributed by atoms with Crippen LogP contribution in [-0.4, -0.2) is 41.3 Å². The summed E-state index contributed by atoms with van der Waals surface area (Å²) in [7, 11) is 0. The van der Waals surface area contributed by atoms with E-state index in [2.05, 4.69) is 25.7 Å². The summed E-state index contributed by atoms with van der Waals surface area (Å²) in [6.45, 7) is 1.97. The highest BCUT2D eigenvalue weighted by Gasteiger charge is 2.26. The maximum atomic E-state index is 12.3. The van der Waals surface area contributed by atoms with E-state index in [9.17, 15) is 9.59 Å². The molecule has 2 aromatic rings. The number of hydrogen-bond donors (Lipinski definition) is 2. The van der Waals surface area contributed by atoms with Gasteiger partial charge < -0.3 is 20.3 Å². The van der Waals surface area contributed by atoms with Crippen molar-refractivity contribution in [3.05, 3.63) is 42.1 Å². The van der Waals surface area contributed by atoms with Crippen molar-refractivity contribution in [2.24, 2.45) is 0 Å². The number of ether oxygens (including phenoxy) is 1. The molecule has 4 rings (SSSR count). The van der Waals surface area contributed by atoms with Gasteiger partial charge >= 0.3 is 0 Å². The Balaban J connectivity index is 1.34. The van der Waals surface area contributed by atoms with Crippen LogP contribution in [0.1, 0.15) is 29.8 Å². The Morgan fingerprint density at radius 1 is 1.12 bits per heavy atom. The van der Waals surface area contributed by atoms with E-state index in [-0.39, 0.29) is 23.7 Å². The highest BCUT2D eigenvalue weighted by molar-refractivity contribution is 6.02. The zero-order valence-corrected chi connectivity index (χ0v) is 14.1. The second kappa shape index (κ2) is 6.99. The quantitative estimate of drug-likeness (QED) is 0.792. The minimum Gasteiger partial charge on any atom is -0.470 e. The van der Waals surface area contributed by atoms with E-state index < -0.39 is 0 Å². The molecule has 1 aromatic heterocycles. The van der Waals surface area contributed by atoms with Gasteiger partial charge in [-0.3, -0.25) is 9.59 Å².